The molecule has 0 N–H and O–H groups in total. The average Bonchev–Trinajstić information content (AvgIpc) is 3.17. The molecular formula is C24H24O5S. The lowest BCUT2D eigenvalue weighted by molar-refractivity contribution is -0.0604. The van der Waals surface area contributed by atoms with Gasteiger partial charge in [0.2, 0.25) is 0 Å². The zero-order valence-corrected chi connectivity index (χ0v) is 17.3. The molecule has 0 spiro atoms. The third-order valence-electron chi connectivity index (χ3n) is 4.94. The van der Waals surface area contributed by atoms with Gasteiger partial charge in [-0.25, -0.2) is 8.42 Å². The standard InChI is InChI=1S/C24H24O5S/c25-30(26,21-14-8-3-9-15-21)18-23-28-22(17-27-16-19-10-4-1-5-11-19)24(29-23)20-12-6-2-7-13-20/h1-15,22-24H,16-18H2. The van der Waals surface area contributed by atoms with Crippen molar-refractivity contribution in [3.63, 3.8) is 0 Å². The first-order valence-electron chi connectivity index (χ1n) is 9.87. The van der Waals surface area contributed by atoms with Gasteiger partial charge in [-0.3, -0.25) is 0 Å². The van der Waals surface area contributed by atoms with Crippen LogP contribution >= 0.6 is 0 Å². The summed E-state index contributed by atoms with van der Waals surface area (Å²) in [4.78, 5) is 0.261. The van der Waals surface area contributed by atoms with Crippen molar-refractivity contribution in [3.05, 3.63) is 102 Å². The zero-order valence-electron chi connectivity index (χ0n) is 16.5. The first kappa shape index (κ1) is 20.8. The van der Waals surface area contributed by atoms with Gasteiger partial charge in [0.05, 0.1) is 18.1 Å². The Morgan fingerprint density at radius 1 is 0.767 bits per heavy atom. The van der Waals surface area contributed by atoms with Crippen LogP contribution in [0.5, 0.6) is 0 Å². The Balaban J connectivity index is 1.45. The Labute approximate surface area is 177 Å². The van der Waals surface area contributed by atoms with E-state index in [-0.39, 0.29) is 10.6 Å². The molecule has 0 saturated carbocycles. The SMILES string of the molecule is O=S(=O)(CC1OC(COCc2ccccc2)C(c2ccccc2)O1)c1ccccc1. The predicted molar refractivity (Wildman–Crippen MR) is 114 cm³/mol. The average molecular weight is 425 g/mol. The van der Waals surface area contributed by atoms with Gasteiger partial charge >= 0.3 is 0 Å². The van der Waals surface area contributed by atoms with Gasteiger partial charge in [-0.1, -0.05) is 78.9 Å². The Kier molecular flexibility index (Phi) is 6.59. The third-order valence-corrected chi connectivity index (χ3v) is 6.64. The molecule has 1 fully saturated rings. The summed E-state index contributed by atoms with van der Waals surface area (Å²) in [5, 5.41) is 0. The molecule has 4 rings (SSSR count). The molecule has 3 atom stereocenters. The van der Waals surface area contributed by atoms with Crippen LogP contribution in [0.25, 0.3) is 0 Å². The normalized spacial score (nSPS) is 21.5. The number of ether oxygens (including phenoxy) is 3. The van der Waals surface area contributed by atoms with E-state index >= 15 is 0 Å². The molecule has 0 radical (unpaired) electrons. The molecule has 3 aromatic carbocycles. The van der Waals surface area contributed by atoms with Crippen molar-refractivity contribution in [3.8, 4) is 0 Å². The molecule has 0 bridgehead atoms. The van der Waals surface area contributed by atoms with Crippen LogP contribution in [0.3, 0.4) is 0 Å². The van der Waals surface area contributed by atoms with E-state index < -0.39 is 28.3 Å². The smallest absolute Gasteiger partial charge is 0.183 e. The van der Waals surface area contributed by atoms with Crippen LogP contribution in [0, 0.1) is 0 Å². The van der Waals surface area contributed by atoms with Crippen molar-refractivity contribution in [1.82, 2.24) is 0 Å². The highest BCUT2D eigenvalue weighted by Crippen LogP contribution is 2.34. The second-order valence-electron chi connectivity index (χ2n) is 7.17. The minimum absolute atomic E-state index is 0.241. The Morgan fingerprint density at radius 3 is 2.03 bits per heavy atom. The summed E-state index contributed by atoms with van der Waals surface area (Å²) < 4.78 is 43.4. The fourth-order valence-corrected chi connectivity index (χ4v) is 4.74. The van der Waals surface area contributed by atoms with Gasteiger partial charge in [0.15, 0.2) is 16.1 Å². The summed E-state index contributed by atoms with van der Waals surface area (Å²) >= 11 is 0. The lowest BCUT2D eigenvalue weighted by Crippen LogP contribution is -2.24. The Morgan fingerprint density at radius 2 is 1.37 bits per heavy atom. The van der Waals surface area contributed by atoms with Crippen LogP contribution < -0.4 is 0 Å². The van der Waals surface area contributed by atoms with Crippen LogP contribution in [0.15, 0.2) is 95.9 Å². The van der Waals surface area contributed by atoms with Crippen LogP contribution in [0.2, 0.25) is 0 Å². The summed E-state index contributed by atoms with van der Waals surface area (Å²) in [6.07, 6.45) is -1.64. The molecular weight excluding hydrogens is 400 g/mol. The molecule has 1 saturated heterocycles. The highest BCUT2D eigenvalue weighted by Gasteiger charge is 2.39. The van der Waals surface area contributed by atoms with Gasteiger partial charge in [0.25, 0.3) is 0 Å². The topological polar surface area (TPSA) is 61.8 Å². The van der Waals surface area contributed by atoms with E-state index in [4.69, 9.17) is 14.2 Å². The summed E-state index contributed by atoms with van der Waals surface area (Å²) in [6, 6.07) is 27.9. The first-order chi connectivity index (χ1) is 14.6. The zero-order chi connectivity index (χ0) is 20.8. The van der Waals surface area contributed by atoms with E-state index in [9.17, 15) is 8.42 Å². The van der Waals surface area contributed by atoms with Crippen LogP contribution in [-0.2, 0) is 30.7 Å². The monoisotopic (exact) mass is 424 g/mol. The Hall–Kier alpha value is -2.51. The van der Waals surface area contributed by atoms with Crippen LogP contribution in [0.4, 0.5) is 0 Å². The predicted octanol–water partition coefficient (Wildman–Crippen LogP) is 4.16. The number of sulfone groups is 1. The second kappa shape index (κ2) is 9.53. The molecule has 1 heterocycles. The van der Waals surface area contributed by atoms with E-state index in [1.54, 1.807) is 30.3 Å². The first-order valence-corrected chi connectivity index (χ1v) is 11.5. The molecule has 0 aliphatic carbocycles. The lowest BCUT2D eigenvalue weighted by Gasteiger charge is -2.17. The maximum absolute atomic E-state index is 12.7. The Bertz CT molecular complexity index is 1020. The van der Waals surface area contributed by atoms with Gasteiger partial charge in [0.1, 0.15) is 18.0 Å². The largest absolute Gasteiger partial charge is 0.374 e. The van der Waals surface area contributed by atoms with E-state index in [1.165, 1.54) is 0 Å². The second-order valence-corrected chi connectivity index (χ2v) is 9.20. The van der Waals surface area contributed by atoms with Crippen molar-refractivity contribution in [1.29, 1.82) is 0 Å². The van der Waals surface area contributed by atoms with Crippen LogP contribution in [0.1, 0.15) is 17.2 Å². The molecule has 3 aromatic rings. The van der Waals surface area contributed by atoms with Gasteiger partial charge in [-0.2, -0.15) is 0 Å². The van der Waals surface area contributed by atoms with Crippen molar-refractivity contribution < 1.29 is 22.6 Å². The van der Waals surface area contributed by atoms with Gasteiger partial charge in [0, 0.05) is 0 Å². The van der Waals surface area contributed by atoms with E-state index in [1.807, 2.05) is 60.7 Å². The van der Waals surface area contributed by atoms with Gasteiger partial charge < -0.3 is 14.2 Å². The van der Waals surface area contributed by atoms with Crippen molar-refractivity contribution in [2.45, 2.75) is 30.0 Å². The molecule has 3 unspecified atom stereocenters. The number of rotatable bonds is 8. The summed E-state index contributed by atoms with van der Waals surface area (Å²) in [6.45, 7) is 0.755. The molecule has 30 heavy (non-hydrogen) atoms. The van der Waals surface area contributed by atoms with E-state index in [0.717, 1.165) is 11.1 Å². The maximum atomic E-state index is 12.7. The number of hydrogen-bond acceptors (Lipinski definition) is 5. The molecule has 1 aliphatic rings. The fourth-order valence-electron chi connectivity index (χ4n) is 3.46. The number of benzene rings is 3. The third kappa shape index (κ3) is 5.15. The summed E-state index contributed by atoms with van der Waals surface area (Å²) in [5.41, 5.74) is 2.00. The minimum Gasteiger partial charge on any atom is -0.374 e. The highest BCUT2D eigenvalue weighted by atomic mass is 32.2. The van der Waals surface area contributed by atoms with E-state index in [2.05, 4.69) is 0 Å². The van der Waals surface area contributed by atoms with Crippen molar-refractivity contribution in [2.24, 2.45) is 0 Å². The molecule has 0 aromatic heterocycles. The van der Waals surface area contributed by atoms with Gasteiger partial charge in [-0.15, -0.1) is 0 Å². The minimum atomic E-state index is -3.53. The summed E-state index contributed by atoms with van der Waals surface area (Å²) in [7, 11) is -3.53. The molecule has 0 amide bonds. The van der Waals surface area contributed by atoms with Crippen LogP contribution in [-0.4, -0.2) is 33.2 Å². The number of hydrogen-bond donors (Lipinski definition) is 0. The van der Waals surface area contributed by atoms with E-state index in [0.29, 0.717) is 13.2 Å². The molecule has 6 heteroatoms. The quantitative estimate of drug-likeness (QED) is 0.543. The maximum Gasteiger partial charge on any atom is 0.183 e. The van der Waals surface area contributed by atoms with Crippen molar-refractivity contribution in [2.75, 3.05) is 12.4 Å². The van der Waals surface area contributed by atoms with Gasteiger partial charge in [-0.05, 0) is 23.3 Å². The fraction of sp³-hybridized carbons (Fsp3) is 0.250. The molecule has 5 nitrogen and oxygen atoms in total. The molecule has 156 valence electrons. The van der Waals surface area contributed by atoms with Crippen molar-refractivity contribution >= 4 is 9.84 Å². The molecule has 1 aliphatic heterocycles. The highest BCUT2D eigenvalue weighted by molar-refractivity contribution is 7.91. The lowest BCUT2D eigenvalue weighted by atomic mass is 10.1. The summed E-state index contributed by atoms with van der Waals surface area (Å²) in [5.74, 6) is -0.241.